The minimum Gasteiger partial charge on any atom is -0.380 e. The summed E-state index contributed by atoms with van der Waals surface area (Å²) in [6, 6.07) is 1.41. The molecule has 0 aromatic heterocycles. The highest BCUT2D eigenvalue weighted by atomic mass is 16.5. The zero-order valence-corrected chi connectivity index (χ0v) is 11.6. The molecule has 3 heteroatoms. The van der Waals surface area contributed by atoms with E-state index in [-0.39, 0.29) is 0 Å². The van der Waals surface area contributed by atoms with Crippen LogP contribution in [0.3, 0.4) is 0 Å². The van der Waals surface area contributed by atoms with Crippen LogP contribution in [-0.2, 0) is 4.74 Å². The van der Waals surface area contributed by atoms with Crippen molar-refractivity contribution >= 4 is 0 Å². The largest absolute Gasteiger partial charge is 0.380 e. The van der Waals surface area contributed by atoms with E-state index in [9.17, 15) is 0 Å². The van der Waals surface area contributed by atoms with Crippen LogP contribution in [0.5, 0.6) is 0 Å². The summed E-state index contributed by atoms with van der Waals surface area (Å²) < 4.78 is 5.72. The van der Waals surface area contributed by atoms with Gasteiger partial charge in [0.2, 0.25) is 0 Å². The van der Waals surface area contributed by atoms with Crippen molar-refractivity contribution in [1.29, 1.82) is 0 Å². The van der Waals surface area contributed by atoms with Gasteiger partial charge in [0.1, 0.15) is 0 Å². The Labute approximate surface area is 106 Å². The SMILES string of the molecule is CC(C)COCCN1CC(C)NCC1C1CC1. The van der Waals surface area contributed by atoms with Gasteiger partial charge in [0, 0.05) is 38.3 Å². The molecule has 3 nitrogen and oxygen atoms in total. The average Bonchev–Trinajstić information content (AvgIpc) is 3.08. The van der Waals surface area contributed by atoms with E-state index in [0.717, 1.165) is 31.7 Å². The lowest BCUT2D eigenvalue weighted by Crippen LogP contribution is -2.57. The van der Waals surface area contributed by atoms with E-state index in [2.05, 4.69) is 31.0 Å². The Balaban J connectivity index is 1.71. The van der Waals surface area contributed by atoms with Crippen LogP contribution in [0.15, 0.2) is 0 Å². The molecule has 1 saturated carbocycles. The Hall–Kier alpha value is -0.120. The molecular formula is C14H28N2O. The molecule has 0 bridgehead atoms. The van der Waals surface area contributed by atoms with Crippen molar-refractivity contribution in [2.75, 3.05) is 32.8 Å². The molecule has 0 spiro atoms. The third-order valence-electron chi connectivity index (χ3n) is 3.79. The number of nitrogens with one attached hydrogen (secondary N) is 1. The van der Waals surface area contributed by atoms with E-state index in [4.69, 9.17) is 4.74 Å². The van der Waals surface area contributed by atoms with Gasteiger partial charge in [-0.2, -0.15) is 0 Å². The van der Waals surface area contributed by atoms with Crippen molar-refractivity contribution in [2.24, 2.45) is 11.8 Å². The van der Waals surface area contributed by atoms with Gasteiger partial charge < -0.3 is 10.1 Å². The molecule has 100 valence electrons. The van der Waals surface area contributed by atoms with Gasteiger partial charge in [-0.3, -0.25) is 4.90 Å². The predicted molar refractivity (Wildman–Crippen MR) is 71.2 cm³/mol. The molecule has 0 amide bonds. The van der Waals surface area contributed by atoms with Crippen LogP contribution in [0, 0.1) is 11.8 Å². The van der Waals surface area contributed by atoms with Gasteiger partial charge >= 0.3 is 0 Å². The minimum atomic E-state index is 0.634. The maximum atomic E-state index is 5.72. The van der Waals surface area contributed by atoms with Crippen LogP contribution in [-0.4, -0.2) is 49.8 Å². The van der Waals surface area contributed by atoms with E-state index in [1.165, 1.54) is 25.9 Å². The van der Waals surface area contributed by atoms with Crippen molar-refractivity contribution in [1.82, 2.24) is 10.2 Å². The van der Waals surface area contributed by atoms with Gasteiger partial charge in [-0.25, -0.2) is 0 Å². The van der Waals surface area contributed by atoms with Gasteiger partial charge in [-0.05, 0) is 31.6 Å². The zero-order chi connectivity index (χ0) is 12.3. The molecule has 1 heterocycles. The van der Waals surface area contributed by atoms with Crippen LogP contribution in [0.2, 0.25) is 0 Å². The second-order valence-corrected chi connectivity index (χ2v) is 6.18. The number of piperazine rings is 1. The van der Waals surface area contributed by atoms with Gasteiger partial charge in [0.15, 0.2) is 0 Å². The maximum Gasteiger partial charge on any atom is 0.0593 e. The fraction of sp³-hybridized carbons (Fsp3) is 1.00. The maximum absolute atomic E-state index is 5.72. The standard InChI is InChI=1S/C14H28N2O/c1-11(2)10-17-7-6-16-9-12(3)15-8-14(16)13-4-5-13/h11-15H,4-10H2,1-3H3. The molecule has 1 aliphatic heterocycles. The third-order valence-corrected chi connectivity index (χ3v) is 3.79. The highest BCUT2D eigenvalue weighted by molar-refractivity contribution is 4.94. The first-order valence-corrected chi connectivity index (χ1v) is 7.22. The summed E-state index contributed by atoms with van der Waals surface area (Å²) in [6.45, 7) is 12.0. The monoisotopic (exact) mass is 240 g/mol. The van der Waals surface area contributed by atoms with Crippen molar-refractivity contribution in [3.05, 3.63) is 0 Å². The molecule has 17 heavy (non-hydrogen) atoms. The van der Waals surface area contributed by atoms with Crippen LogP contribution < -0.4 is 5.32 Å². The predicted octanol–water partition coefficient (Wildman–Crippen LogP) is 1.73. The summed E-state index contributed by atoms with van der Waals surface area (Å²) >= 11 is 0. The lowest BCUT2D eigenvalue weighted by atomic mass is 10.1. The van der Waals surface area contributed by atoms with Crippen molar-refractivity contribution in [3.63, 3.8) is 0 Å². The lowest BCUT2D eigenvalue weighted by Gasteiger charge is -2.39. The Kier molecular flexibility index (Phi) is 4.83. The molecule has 0 aromatic rings. The quantitative estimate of drug-likeness (QED) is 0.716. The zero-order valence-electron chi connectivity index (χ0n) is 11.6. The summed E-state index contributed by atoms with van der Waals surface area (Å²) in [6.07, 6.45) is 2.87. The smallest absolute Gasteiger partial charge is 0.0593 e. The van der Waals surface area contributed by atoms with E-state index < -0.39 is 0 Å². The number of ether oxygens (including phenoxy) is 1. The molecule has 2 aliphatic rings. The first-order chi connectivity index (χ1) is 8.16. The number of hydrogen-bond acceptors (Lipinski definition) is 3. The summed E-state index contributed by atoms with van der Waals surface area (Å²) in [4.78, 5) is 2.65. The topological polar surface area (TPSA) is 24.5 Å². The Morgan fingerprint density at radius 2 is 2.12 bits per heavy atom. The number of nitrogens with zero attached hydrogens (tertiary/aromatic N) is 1. The molecule has 0 aromatic carbocycles. The first-order valence-electron chi connectivity index (χ1n) is 7.22. The summed E-state index contributed by atoms with van der Waals surface area (Å²) in [5, 5.41) is 3.61. The molecule has 2 unspecified atom stereocenters. The van der Waals surface area contributed by atoms with Gasteiger partial charge in [-0.1, -0.05) is 13.8 Å². The fourth-order valence-electron chi connectivity index (χ4n) is 2.71. The third kappa shape index (κ3) is 4.23. The lowest BCUT2D eigenvalue weighted by molar-refractivity contribution is 0.0511. The second kappa shape index (κ2) is 6.17. The molecule has 0 radical (unpaired) electrons. The molecule has 1 N–H and O–H groups in total. The van der Waals surface area contributed by atoms with Crippen molar-refractivity contribution < 1.29 is 4.74 Å². The minimum absolute atomic E-state index is 0.634. The van der Waals surface area contributed by atoms with E-state index >= 15 is 0 Å². The second-order valence-electron chi connectivity index (χ2n) is 6.18. The van der Waals surface area contributed by atoms with E-state index in [0.29, 0.717) is 12.0 Å². The van der Waals surface area contributed by atoms with Gasteiger partial charge in [0.25, 0.3) is 0 Å². The van der Waals surface area contributed by atoms with Crippen LogP contribution in [0.1, 0.15) is 33.6 Å². The van der Waals surface area contributed by atoms with Crippen LogP contribution in [0.25, 0.3) is 0 Å². The van der Waals surface area contributed by atoms with Crippen molar-refractivity contribution in [3.8, 4) is 0 Å². The Morgan fingerprint density at radius 1 is 1.35 bits per heavy atom. The highest BCUT2D eigenvalue weighted by Gasteiger charge is 2.37. The normalized spacial score (nSPS) is 31.1. The van der Waals surface area contributed by atoms with Gasteiger partial charge in [0.05, 0.1) is 6.61 Å². The van der Waals surface area contributed by atoms with Crippen LogP contribution in [0.4, 0.5) is 0 Å². The number of rotatable bonds is 6. The molecular weight excluding hydrogens is 212 g/mol. The number of hydrogen-bond donors (Lipinski definition) is 1. The average molecular weight is 240 g/mol. The molecule has 1 saturated heterocycles. The summed E-state index contributed by atoms with van der Waals surface area (Å²) in [7, 11) is 0. The Bertz CT molecular complexity index is 228. The molecule has 2 rings (SSSR count). The first kappa shape index (κ1) is 13.3. The van der Waals surface area contributed by atoms with Crippen molar-refractivity contribution in [2.45, 2.75) is 45.7 Å². The van der Waals surface area contributed by atoms with Gasteiger partial charge in [-0.15, -0.1) is 0 Å². The highest BCUT2D eigenvalue weighted by Crippen LogP contribution is 2.36. The molecule has 2 fully saturated rings. The van der Waals surface area contributed by atoms with Crippen LogP contribution >= 0.6 is 0 Å². The fourth-order valence-corrected chi connectivity index (χ4v) is 2.71. The Morgan fingerprint density at radius 3 is 2.76 bits per heavy atom. The summed E-state index contributed by atoms with van der Waals surface area (Å²) in [5.74, 6) is 1.61. The summed E-state index contributed by atoms with van der Waals surface area (Å²) in [5.41, 5.74) is 0. The molecule has 1 aliphatic carbocycles. The van der Waals surface area contributed by atoms with E-state index in [1.807, 2.05) is 0 Å². The molecule has 2 atom stereocenters. The van der Waals surface area contributed by atoms with E-state index in [1.54, 1.807) is 0 Å².